The molecule has 14 heteroatoms. The van der Waals surface area contributed by atoms with E-state index in [1.54, 1.807) is 0 Å². The number of aromatic amines is 1. The molecule has 2 heterocycles. The number of benzene rings is 1. The van der Waals surface area contributed by atoms with E-state index in [0.717, 1.165) is 16.5 Å². The fraction of sp³-hybridized carbons (Fsp3) is 0.316. The largest absolute Gasteiger partial charge is 0.454 e. The Labute approximate surface area is 192 Å². The van der Waals surface area contributed by atoms with Gasteiger partial charge in [-0.15, -0.1) is 11.3 Å². The number of nitro groups is 1. The number of nitro benzene ring substituents is 1. The summed E-state index contributed by atoms with van der Waals surface area (Å²) in [5.41, 5.74) is 0.187. The number of hydrogen-bond acceptors (Lipinski definition) is 10. The molecule has 0 aliphatic rings. The van der Waals surface area contributed by atoms with Gasteiger partial charge in [0.25, 0.3) is 11.2 Å². The summed E-state index contributed by atoms with van der Waals surface area (Å²) >= 11 is 1.34. The van der Waals surface area contributed by atoms with Crippen LogP contribution in [0.15, 0.2) is 27.9 Å². The summed E-state index contributed by atoms with van der Waals surface area (Å²) in [5, 5.41) is 14.2. The van der Waals surface area contributed by atoms with Crippen molar-refractivity contribution in [2.24, 2.45) is 0 Å². The maximum atomic E-state index is 12.5. The van der Waals surface area contributed by atoms with Gasteiger partial charge in [0.05, 0.1) is 15.2 Å². The molecule has 0 fully saturated rings. The molecule has 1 unspecified atom stereocenters. The van der Waals surface area contributed by atoms with Crippen molar-refractivity contribution in [1.82, 2.24) is 14.7 Å². The Morgan fingerprint density at radius 1 is 1.36 bits per heavy atom. The van der Waals surface area contributed by atoms with Crippen LogP contribution < -0.4 is 15.6 Å². The third-order valence-corrected chi connectivity index (χ3v) is 7.40. The Morgan fingerprint density at radius 3 is 2.70 bits per heavy atom. The summed E-state index contributed by atoms with van der Waals surface area (Å²) < 4.78 is 32.2. The number of fused-ring (bicyclic) bond motifs is 1. The average Bonchev–Trinajstić information content (AvgIpc) is 3.05. The fourth-order valence-electron chi connectivity index (χ4n) is 3.04. The number of aryl methyl sites for hydroxylation is 2. The van der Waals surface area contributed by atoms with E-state index in [1.807, 2.05) is 13.8 Å². The maximum absolute atomic E-state index is 12.5. The number of hydrogen-bond donors (Lipinski definition) is 3. The number of anilines is 1. The third kappa shape index (κ3) is 5.02. The van der Waals surface area contributed by atoms with Crippen LogP contribution >= 0.6 is 11.3 Å². The van der Waals surface area contributed by atoms with Crippen molar-refractivity contribution in [3.05, 3.63) is 54.9 Å². The van der Waals surface area contributed by atoms with E-state index in [9.17, 15) is 28.1 Å². The Morgan fingerprint density at radius 2 is 2.06 bits per heavy atom. The van der Waals surface area contributed by atoms with Crippen LogP contribution in [0.5, 0.6) is 0 Å². The van der Waals surface area contributed by atoms with Gasteiger partial charge in [0.15, 0.2) is 11.9 Å². The normalized spacial score (nSPS) is 12.5. The predicted molar refractivity (Wildman–Crippen MR) is 122 cm³/mol. The number of esters is 1. The molecule has 1 aromatic carbocycles. The van der Waals surface area contributed by atoms with E-state index in [4.69, 9.17) is 4.74 Å². The van der Waals surface area contributed by atoms with Crippen LogP contribution in [0.3, 0.4) is 0 Å². The smallest absolute Gasteiger partial charge is 0.321 e. The quantitative estimate of drug-likeness (QED) is 0.240. The number of carbonyl (C=O) groups is 1. The highest BCUT2D eigenvalue weighted by molar-refractivity contribution is 7.89. The monoisotopic (exact) mass is 495 g/mol. The number of thiophene rings is 1. The SMILES string of the molecule is CNc1ccc(S(=O)(=O)NCC(=O)OC(C)c2nc3sc(C)c(C)c3c(=O)[nH]2)cc1[N+](=O)[O-]. The van der Waals surface area contributed by atoms with Crippen LogP contribution in [0, 0.1) is 24.0 Å². The molecule has 3 aromatic rings. The van der Waals surface area contributed by atoms with Crippen molar-refractivity contribution in [3.8, 4) is 0 Å². The molecule has 0 spiro atoms. The molecule has 33 heavy (non-hydrogen) atoms. The van der Waals surface area contributed by atoms with Gasteiger partial charge in [-0.1, -0.05) is 0 Å². The molecule has 0 saturated carbocycles. The minimum atomic E-state index is -4.23. The predicted octanol–water partition coefficient (Wildman–Crippen LogP) is 2.13. The van der Waals surface area contributed by atoms with E-state index in [1.165, 1.54) is 37.4 Å². The summed E-state index contributed by atoms with van der Waals surface area (Å²) in [6.45, 7) is 4.46. The lowest BCUT2D eigenvalue weighted by Crippen LogP contribution is -2.31. The van der Waals surface area contributed by atoms with Crippen LogP contribution in [0.4, 0.5) is 11.4 Å². The van der Waals surface area contributed by atoms with Crippen molar-refractivity contribution in [2.75, 3.05) is 18.9 Å². The van der Waals surface area contributed by atoms with Gasteiger partial charge < -0.3 is 15.0 Å². The first-order chi connectivity index (χ1) is 15.4. The zero-order chi connectivity index (χ0) is 24.5. The molecule has 12 nitrogen and oxygen atoms in total. The van der Waals surface area contributed by atoms with Crippen molar-refractivity contribution in [2.45, 2.75) is 31.8 Å². The van der Waals surface area contributed by atoms with Gasteiger partial charge >= 0.3 is 5.97 Å². The molecule has 3 rings (SSSR count). The molecule has 3 N–H and O–H groups in total. The van der Waals surface area contributed by atoms with Gasteiger partial charge in [0, 0.05) is 18.0 Å². The van der Waals surface area contributed by atoms with Crippen LogP contribution in [-0.4, -0.2) is 42.9 Å². The van der Waals surface area contributed by atoms with E-state index in [2.05, 4.69) is 20.0 Å². The fourth-order valence-corrected chi connectivity index (χ4v) is 5.06. The first-order valence-electron chi connectivity index (χ1n) is 9.60. The van der Waals surface area contributed by atoms with E-state index in [-0.39, 0.29) is 22.0 Å². The second kappa shape index (κ2) is 9.25. The number of aromatic nitrogens is 2. The van der Waals surface area contributed by atoms with Gasteiger partial charge in [-0.2, -0.15) is 4.72 Å². The molecule has 0 radical (unpaired) electrons. The van der Waals surface area contributed by atoms with Gasteiger partial charge in [0.1, 0.15) is 17.1 Å². The highest BCUT2D eigenvalue weighted by atomic mass is 32.2. The lowest BCUT2D eigenvalue weighted by molar-refractivity contribution is -0.384. The standard InChI is InChI=1S/C19H21N5O7S2/c1-9-11(3)32-19-16(9)18(26)22-17(23-19)10(2)31-15(25)8-21-33(29,30)12-5-6-13(20-4)14(7-12)24(27)28/h5-7,10,20-21H,8H2,1-4H3,(H,22,23,26). The van der Waals surface area contributed by atoms with Crippen LogP contribution in [-0.2, 0) is 19.6 Å². The molecule has 0 aliphatic carbocycles. The molecule has 0 aliphatic heterocycles. The van der Waals surface area contributed by atoms with Crippen LogP contribution in [0.25, 0.3) is 10.2 Å². The number of H-pyrrole nitrogens is 1. The number of ether oxygens (including phenoxy) is 1. The molecule has 0 amide bonds. The number of nitrogens with one attached hydrogen (secondary N) is 3. The molecular formula is C19H21N5O7S2. The van der Waals surface area contributed by atoms with Crippen molar-refractivity contribution in [3.63, 3.8) is 0 Å². The van der Waals surface area contributed by atoms with Gasteiger partial charge in [-0.05, 0) is 38.5 Å². The topological polar surface area (TPSA) is 173 Å². The van der Waals surface area contributed by atoms with E-state index < -0.39 is 39.3 Å². The first-order valence-corrected chi connectivity index (χ1v) is 11.9. The number of nitrogens with zero attached hydrogens (tertiary/aromatic N) is 2. The minimum absolute atomic E-state index is 0.128. The molecule has 1 atom stereocenters. The summed E-state index contributed by atoms with van der Waals surface area (Å²) in [6, 6.07) is 3.31. The Bertz CT molecular complexity index is 1410. The van der Waals surface area contributed by atoms with Crippen LogP contribution in [0.2, 0.25) is 0 Å². The summed E-state index contributed by atoms with van der Waals surface area (Å²) in [5.74, 6) is -0.794. The summed E-state index contributed by atoms with van der Waals surface area (Å²) in [6.07, 6.45) is -0.946. The van der Waals surface area contributed by atoms with Crippen LogP contribution in [0.1, 0.15) is 29.3 Å². The second-order valence-corrected chi connectivity index (χ2v) is 10.0. The molecule has 0 saturated heterocycles. The molecule has 2 aromatic heterocycles. The Kier molecular flexibility index (Phi) is 6.81. The highest BCUT2D eigenvalue weighted by Gasteiger charge is 2.23. The van der Waals surface area contributed by atoms with Gasteiger partial charge in [0.2, 0.25) is 10.0 Å². The molecule has 0 bridgehead atoms. The molecular weight excluding hydrogens is 474 g/mol. The maximum Gasteiger partial charge on any atom is 0.321 e. The highest BCUT2D eigenvalue weighted by Crippen LogP contribution is 2.28. The Hall–Kier alpha value is -3.36. The van der Waals surface area contributed by atoms with E-state index >= 15 is 0 Å². The first kappa shape index (κ1) is 24.3. The minimum Gasteiger partial charge on any atom is -0.454 e. The second-order valence-electron chi connectivity index (χ2n) is 7.06. The van der Waals surface area contributed by atoms with Crippen molar-refractivity contribution >= 4 is 48.9 Å². The van der Waals surface area contributed by atoms with Crippen molar-refractivity contribution in [1.29, 1.82) is 0 Å². The number of carbonyl (C=O) groups excluding carboxylic acids is 1. The van der Waals surface area contributed by atoms with Crippen molar-refractivity contribution < 1.29 is 22.9 Å². The summed E-state index contributed by atoms with van der Waals surface area (Å²) in [7, 11) is -2.76. The number of sulfonamides is 1. The zero-order valence-electron chi connectivity index (χ0n) is 18.1. The van der Waals surface area contributed by atoms with Gasteiger partial charge in [-0.3, -0.25) is 19.7 Å². The van der Waals surface area contributed by atoms with Gasteiger partial charge in [-0.25, -0.2) is 13.4 Å². The zero-order valence-corrected chi connectivity index (χ0v) is 19.7. The lowest BCUT2D eigenvalue weighted by Gasteiger charge is -2.13. The van der Waals surface area contributed by atoms with E-state index in [0.29, 0.717) is 10.2 Å². The summed E-state index contributed by atoms with van der Waals surface area (Å²) in [4.78, 5) is 43.0. The number of rotatable bonds is 8. The molecule has 176 valence electrons. The third-order valence-electron chi connectivity index (χ3n) is 4.90. The lowest BCUT2D eigenvalue weighted by atomic mass is 10.2. The Balaban J connectivity index is 1.71. The average molecular weight is 496 g/mol.